The quantitative estimate of drug-likeness (QED) is 0.172. The van der Waals surface area contributed by atoms with Gasteiger partial charge in [-0.1, -0.05) is 34.1 Å². The Kier molecular flexibility index (Phi) is 11.6. The van der Waals surface area contributed by atoms with Gasteiger partial charge in [-0.15, -0.1) is 0 Å². The van der Waals surface area contributed by atoms with E-state index in [-0.39, 0.29) is 5.92 Å². The third kappa shape index (κ3) is 8.74. The molecule has 5 unspecified atom stereocenters. The molecule has 8 N–H and O–H groups in total. The Morgan fingerprint density at radius 2 is 1.40 bits per heavy atom. The number of carboxylic acid groups (broad SMARTS) is 2. The second kappa shape index (κ2) is 12.8. The molecule has 12 nitrogen and oxygen atoms in total. The van der Waals surface area contributed by atoms with Crippen molar-refractivity contribution in [2.45, 2.75) is 64.7 Å². The van der Waals surface area contributed by atoms with Crippen molar-refractivity contribution in [2.24, 2.45) is 17.6 Å². The summed E-state index contributed by atoms with van der Waals surface area (Å²) in [6.45, 7) is 5.84. The second-order valence-corrected chi connectivity index (χ2v) is 7.38. The summed E-state index contributed by atoms with van der Waals surface area (Å²) in [6, 6.07) is -5.25. The van der Waals surface area contributed by atoms with E-state index in [1.54, 1.807) is 20.8 Å². The maximum Gasteiger partial charge on any atom is 0.328 e. The molecule has 0 aromatic rings. The molecule has 0 saturated carbocycles. The van der Waals surface area contributed by atoms with Crippen LogP contribution in [0.5, 0.6) is 0 Å². The fourth-order valence-electron chi connectivity index (χ4n) is 2.40. The lowest BCUT2D eigenvalue weighted by Crippen LogP contribution is -2.59. The molecule has 5 atom stereocenters. The van der Waals surface area contributed by atoms with E-state index in [2.05, 4.69) is 16.0 Å². The number of hydrogen-bond acceptors (Lipinski definition) is 7. The highest BCUT2D eigenvalue weighted by molar-refractivity contribution is 5.95. The summed E-state index contributed by atoms with van der Waals surface area (Å²) in [5.74, 6) is -6.06. The standard InChI is InChI=1S/C18H32N4O8/c1-5-9(4)13(19)16(27)20-10(6-12(24)25)15(26)22-14(8(2)3)17(28)21-11(7-23)18(29)30/h8-11,13-14,23H,5-7,19H2,1-4H3,(H,20,27)(H,21,28)(H,22,26)(H,24,25)(H,29,30). The molecule has 0 bridgehead atoms. The first-order chi connectivity index (χ1) is 13.8. The zero-order valence-corrected chi connectivity index (χ0v) is 17.5. The van der Waals surface area contributed by atoms with Crippen molar-refractivity contribution in [3.05, 3.63) is 0 Å². The van der Waals surface area contributed by atoms with E-state index >= 15 is 0 Å². The average molecular weight is 432 g/mol. The smallest absolute Gasteiger partial charge is 0.328 e. The molecule has 0 aromatic carbocycles. The summed E-state index contributed by atoms with van der Waals surface area (Å²) in [5, 5.41) is 33.8. The highest BCUT2D eigenvalue weighted by atomic mass is 16.4. The Morgan fingerprint density at radius 3 is 1.80 bits per heavy atom. The summed E-state index contributed by atoms with van der Waals surface area (Å²) >= 11 is 0. The predicted octanol–water partition coefficient (Wildman–Crippen LogP) is -1.98. The van der Waals surface area contributed by atoms with Crippen LogP contribution in [0.25, 0.3) is 0 Å². The fourth-order valence-corrected chi connectivity index (χ4v) is 2.40. The number of aliphatic hydroxyl groups excluding tert-OH is 1. The summed E-state index contributed by atoms with van der Waals surface area (Å²) < 4.78 is 0. The summed E-state index contributed by atoms with van der Waals surface area (Å²) in [6.07, 6.45) is -0.152. The van der Waals surface area contributed by atoms with Gasteiger partial charge in [-0.2, -0.15) is 0 Å². The predicted molar refractivity (Wildman–Crippen MR) is 105 cm³/mol. The zero-order valence-electron chi connectivity index (χ0n) is 17.5. The highest BCUT2D eigenvalue weighted by Gasteiger charge is 2.33. The molecular formula is C18H32N4O8. The van der Waals surface area contributed by atoms with Crippen LogP contribution < -0.4 is 21.7 Å². The molecule has 30 heavy (non-hydrogen) atoms. The van der Waals surface area contributed by atoms with Crippen LogP contribution in [0.2, 0.25) is 0 Å². The maximum atomic E-state index is 12.6. The SMILES string of the molecule is CCC(C)C(N)C(=O)NC(CC(=O)O)C(=O)NC(C(=O)NC(CO)C(=O)O)C(C)C. The third-order valence-electron chi connectivity index (χ3n) is 4.62. The van der Waals surface area contributed by atoms with E-state index in [4.69, 9.17) is 21.1 Å². The molecule has 0 aromatic heterocycles. The van der Waals surface area contributed by atoms with Gasteiger partial charge in [0.15, 0.2) is 0 Å². The van der Waals surface area contributed by atoms with E-state index < -0.39 is 72.8 Å². The number of nitrogens with one attached hydrogen (secondary N) is 3. The Bertz CT molecular complexity index is 640. The molecule has 0 fully saturated rings. The number of carboxylic acids is 2. The van der Waals surface area contributed by atoms with Gasteiger partial charge in [0.2, 0.25) is 17.7 Å². The van der Waals surface area contributed by atoms with Gasteiger partial charge >= 0.3 is 11.9 Å². The van der Waals surface area contributed by atoms with Crippen molar-refractivity contribution in [1.29, 1.82) is 0 Å². The fraction of sp³-hybridized carbons (Fsp3) is 0.722. The van der Waals surface area contributed by atoms with Crippen molar-refractivity contribution in [3.8, 4) is 0 Å². The molecule has 172 valence electrons. The molecule has 0 rings (SSSR count). The molecule has 0 aliphatic carbocycles. The van der Waals surface area contributed by atoms with Crippen LogP contribution in [0.1, 0.15) is 40.5 Å². The number of rotatable bonds is 13. The van der Waals surface area contributed by atoms with E-state index in [1.807, 2.05) is 6.92 Å². The molecule has 0 radical (unpaired) electrons. The lowest BCUT2D eigenvalue weighted by Gasteiger charge is -2.27. The first-order valence-corrected chi connectivity index (χ1v) is 9.57. The van der Waals surface area contributed by atoms with E-state index in [1.165, 1.54) is 0 Å². The second-order valence-electron chi connectivity index (χ2n) is 7.38. The van der Waals surface area contributed by atoms with Crippen molar-refractivity contribution < 1.29 is 39.3 Å². The lowest BCUT2D eigenvalue weighted by molar-refractivity contribution is -0.144. The molecule has 0 heterocycles. The van der Waals surface area contributed by atoms with E-state index in [0.717, 1.165) is 0 Å². The van der Waals surface area contributed by atoms with Gasteiger partial charge in [0, 0.05) is 0 Å². The van der Waals surface area contributed by atoms with Gasteiger partial charge in [-0.05, 0) is 11.8 Å². The first kappa shape index (κ1) is 27.3. The monoisotopic (exact) mass is 432 g/mol. The van der Waals surface area contributed by atoms with Gasteiger partial charge in [0.05, 0.1) is 19.1 Å². The molecule has 12 heteroatoms. The van der Waals surface area contributed by atoms with Gasteiger partial charge in [0.25, 0.3) is 0 Å². The minimum Gasteiger partial charge on any atom is -0.481 e. The lowest BCUT2D eigenvalue weighted by atomic mass is 9.98. The topological polar surface area (TPSA) is 208 Å². The number of hydrogen-bond donors (Lipinski definition) is 7. The van der Waals surface area contributed by atoms with Crippen LogP contribution in [0.15, 0.2) is 0 Å². The Morgan fingerprint density at radius 1 is 0.867 bits per heavy atom. The van der Waals surface area contributed by atoms with Crippen LogP contribution >= 0.6 is 0 Å². The summed E-state index contributed by atoms with van der Waals surface area (Å²) in [4.78, 5) is 59.4. The minimum atomic E-state index is -1.57. The molecular weight excluding hydrogens is 400 g/mol. The number of amides is 3. The van der Waals surface area contributed by atoms with E-state index in [9.17, 15) is 24.0 Å². The summed E-state index contributed by atoms with van der Waals surface area (Å²) in [5.41, 5.74) is 5.81. The first-order valence-electron chi connectivity index (χ1n) is 9.57. The zero-order chi connectivity index (χ0) is 23.6. The minimum absolute atomic E-state index is 0.209. The third-order valence-corrected chi connectivity index (χ3v) is 4.62. The Balaban J connectivity index is 5.40. The van der Waals surface area contributed by atoms with Crippen LogP contribution in [-0.4, -0.2) is 75.8 Å². The number of aliphatic carboxylic acids is 2. The number of carbonyl (C=O) groups excluding carboxylic acids is 3. The largest absolute Gasteiger partial charge is 0.481 e. The van der Waals surface area contributed by atoms with Gasteiger partial charge in [0.1, 0.15) is 18.1 Å². The average Bonchev–Trinajstić information content (AvgIpc) is 2.66. The Hall–Kier alpha value is -2.73. The van der Waals surface area contributed by atoms with Crippen molar-refractivity contribution in [1.82, 2.24) is 16.0 Å². The Labute approximate surface area is 174 Å². The highest BCUT2D eigenvalue weighted by Crippen LogP contribution is 2.08. The van der Waals surface area contributed by atoms with Crippen LogP contribution in [0, 0.1) is 11.8 Å². The normalized spacial score (nSPS) is 16.0. The van der Waals surface area contributed by atoms with Crippen LogP contribution in [-0.2, 0) is 24.0 Å². The maximum absolute atomic E-state index is 12.6. The number of nitrogens with two attached hydrogens (primary N) is 1. The van der Waals surface area contributed by atoms with Crippen molar-refractivity contribution >= 4 is 29.7 Å². The summed E-state index contributed by atoms with van der Waals surface area (Å²) in [7, 11) is 0. The van der Waals surface area contributed by atoms with Crippen LogP contribution in [0.3, 0.4) is 0 Å². The van der Waals surface area contributed by atoms with Crippen LogP contribution in [0.4, 0.5) is 0 Å². The molecule has 0 aliphatic rings. The van der Waals surface area contributed by atoms with Crippen molar-refractivity contribution in [2.75, 3.05) is 6.61 Å². The molecule has 3 amide bonds. The van der Waals surface area contributed by atoms with Crippen molar-refractivity contribution in [3.63, 3.8) is 0 Å². The molecule has 0 spiro atoms. The molecule has 0 saturated heterocycles. The number of carbonyl (C=O) groups is 5. The van der Waals surface area contributed by atoms with E-state index in [0.29, 0.717) is 6.42 Å². The molecule has 0 aliphatic heterocycles. The van der Waals surface area contributed by atoms with Gasteiger partial charge in [-0.25, -0.2) is 4.79 Å². The van der Waals surface area contributed by atoms with Gasteiger partial charge < -0.3 is 37.0 Å². The van der Waals surface area contributed by atoms with Gasteiger partial charge in [-0.3, -0.25) is 19.2 Å². The number of aliphatic hydroxyl groups is 1.